The minimum absolute atomic E-state index is 0.0942. The molecule has 2 aromatic rings. The number of nitrogens with zero attached hydrogens (tertiary/aromatic N) is 1. The van der Waals surface area contributed by atoms with Crippen LogP contribution in [0.4, 0.5) is 5.13 Å². The van der Waals surface area contributed by atoms with Crippen molar-refractivity contribution in [2.45, 2.75) is 26.7 Å². The molecule has 1 aromatic carbocycles. The molecule has 2 atom stereocenters. The number of hydrogen-bond donors (Lipinski definition) is 1. The predicted molar refractivity (Wildman–Crippen MR) is 89.2 cm³/mol. The molecule has 1 N–H and O–H groups in total. The van der Waals surface area contributed by atoms with Gasteiger partial charge in [0, 0.05) is 16.9 Å². The first-order valence-electron chi connectivity index (χ1n) is 7.67. The third kappa shape index (κ3) is 3.47. The maximum atomic E-state index is 11.9. The second-order valence-corrected chi connectivity index (χ2v) is 6.58. The van der Waals surface area contributed by atoms with Gasteiger partial charge >= 0.3 is 0 Å². The first-order chi connectivity index (χ1) is 10.7. The summed E-state index contributed by atoms with van der Waals surface area (Å²) < 4.78 is 5.57. The fourth-order valence-corrected chi connectivity index (χ4v) is 3.01. The van der Waals surface area contributed by atoms with E-state index < -0.39 is 0 Å². The minimum atomic E-state index is 0.0942. The first-order valence-corrected chi connectivity index (χ1v) is 8.55. The molecule has 0 aliphatic heterocycles. The van der Waals surface area contributed by atoms with Crippen LogP contribution in [-0.2, 0) is 4.79 Å². The van der Waals surface area contributed by atoms with Gasteiger partial charge in [-0.3, -0.25) is 4.79 Å². The lowest BCUT2D eigenvalue weighted by atomic mass is 10.2. The highest BCUT2D eigenvalue weighted by atomic mass is 32.1. The summed E-state index contributed by atoms with van der Waals surface area (Å²) in [6, 6.07) is 7.90. The molecule has 4 nitrogen and oxygen atoms in total. The normalized spacial score (nSPS) is 19.7. The summed E-state index contributed by atoms with van der Waals surface area (Å²) in [6.45, 7) is 4.91. The highest BCUT2D eigenvalue weighted by Crippen LogP contribution is 2.38. The maximum absolute atomic E-state index is 11.9. The summed E-state index contributed by atoms with van der Waals surface area (Å²) in [4.78, 5) is 16.4. The molecule has 116 valence electrons. The van der Waals surface area contributed by atoms with Crippen molar-refractivity contribution in [3.05, 3.63) is 29.6 Å². The second kappa shape index (κ2) is 6.48. The minimum Gasteiger partial charge on any atom is -0.494 e. The molecule has 1 fully saturated rings. The lowest BCUT2D eigenvalue weighted by molar-refractivity contribution is -0.117. The number of amides is 1. The highest BCUT2D eigenvalue weighted by Gasteiger charge is 2.39. The van der Waals surface area contributed by atoms with Crippen LogP contribution in [-0.4, -0.2) is 17.5 Å². The zero-order valence-corrected chi connectivity index (χ0v) is 13.7. The quantitative estimate of drug-likeness (QED) is 0.869. The molecular weight excluding hydrogens is 296 g/mol. The monoisotopic (exact) mass is 316 g/mol. The smallest absolute Gasteiger partial charge is 0.229 e. The van der Waals surface area contributed by atoms with Crippen LogP contribution in [0.2, 0.25) is 0 Å². The van der Waals surface area contributed by atoms with E-state index in [2.05, 4.69) is 24.1 Å². The van der Waals surface area contributed by atoms with E-state index in [1.54, 1.807) is 0 Å². The molecule has 1 amide bonds. The second-order valence-electron chi connectivity index (χ2n) is 5.72. The van der Waals surface area contributed by atoms with Crippen molar-refractivity contribution in [2.24, 2.45) is 11.8 Å². The Balaban J connectivity index is 1.64. The molecule has 5 heteroatoms. The third-order valence-corrected chi connectivity index (χ3v) is 4.56. The fourth-order valence-electron chi connectivity index (χ4n) is 2.29. The lowest BCUT2D eigenvalue weighted by Gasteiger charge is -2.04. The van der Waals surface area contributed by atoms with E-state index in [9.17, 15) is 4.79 Å². The van der Waals surface area contributed by atoms with Crippen molar-refractivity contribution < 1.29 is 9.53 Å². The van der Waals surface area contributed by atoms with Gasteiger partial charge in [0.25, 0.3) is 0 Å². The summed E-state index contributed by atoms with van der Waals surface area (Å²) in [5.74, 6) is 1.64. The van der Waals surface area contributed by atoms with Gasteiger partial charge in [0.05, 0.1) is 12.3 Å². The van der Waals surface area contributed by atoms with Gasteiger partial charge in [0.1, 0.15) is 5.75 Å². The summed E-state index contributed by atoms with van der Waals surface area (Å²) in [7, 11) is 0. The van der Waals surface area contributed by atoms with Crippen molar-refractivity contribution in [2.75, 3.05) is 11.9 Å². The van der Waals surface area contributed by atoms with Crippen LogP contribution in [0.5, 0.6) is 5.75 Å². The molecule has 0 saturated heterocycles. The Morgan fingerprint density at radius 2 is 2.14 bits per heavy atom. The fraction of sp³-hybridized carbons (Fsp3) is 0.412. The van der Waals surface area contributed by atoms with Gasteiger partial charge in [-0.1, -0.05) is 13.8 Å². The number of carbonyl (C=O) groups excluding carboxylic acids is 1. The maximum Gasteiger partial charge on any atom is 0.229 e. The number of nitrogens with one attached hydrogen (secondary N) is 1. The van der Waals surface area contributed by atoms with Crippen molar-refractivity contribution >= 4 is 22.4 Å². The van der Waals surface area contributed by atoms with Crippen molar-refractivity contribution in [1.82, 2.24) is 4.98 Å². The number of benzene rings is 1. The largest absolute Gasteiger partial charge is 0.494 e. The molecule has 1 aromatic heterocycles. The molecule has 0 bridgehead atoms. The Kier molecular flexibility index (Phi) is 4.43. The number of anilines is 1. The van der Waals surface area contributed by atoms with E-state index in [4.69, 9.17) is 4.74 Å². The molecule has 2 unspecified atom stereocenters. The van der Waals surface area contributed by atoms with Crippen LogP contribution < -0.4 is 10.1 Å². The van der Waals surface area contributed by atoms with E-state index in [1.165, 1.54) is 11.3 Å². The summed E-state index contributed by atoms with van der Waals surface area (Å²) in [5, 5.41) is 5.55. The number of rotatable bonds is 6. The number of hydrogen-bond acceptors (Lipinski definition) is 4. The van der Waals surface area contributed by atoms with E-state index in [0.717, 1.165) is 36.5 Å². The molecule has 1 heterocycles. The number of carbonyl (C=O) groups is 1. The predicted octanol–water partition coefficient (Wildman–Crippen LogP) is 4.19. The van der Waals surface area contributed by atoms with Gasteiger partial charge in [0.15, 0.2) is 5.13 Å². The van der Waals surface area contributed by atoms with Crippen LogP contribution in [0.15, 0.2) is 29.6 Å². The Bertz CT molecular complexity index is 651. The zero-order valence-electron chi connectivity index (χ0n) is 12.8. The lowest BCUT2D eigenvalue weighted by Crippen LogP contribution is -2.14. The summed E-state index contributed by atoms with van der Waals surface area (Å²) in [5.41, 5.74) is 1.91. The van der Waals surface area contributed by atoms with E-state index in [0.29, 0.717) is 11.0 Å². The Morgan fingerprint density at radius 3 is 2.77 bits per heavy atom. The number of aromatic nitrogens is 1. The van der Waals surface area contributed by atoms with E-state index in [-0.39, 0.29) is 11.8 Å². The van der Waals surface area contributed by atoms with Crippen LogP contribution in [0.1, 0.15) is 26.7 Å². The molecule has 1 aliphatic rings. The molecule has 0 radical (unpaired) electrons. The molecule has 1 aliphatic carbocycles. The summed E-state index contributed by atoms with van der Waals surface area (Å²) in [6.07, 6.45) is 1.99. The third-order valence-electron chi connectivity index (χ3n) is 3.80. The van der Waals surface area contributed by atoms with Gasteiger partial charge in [0.2, 0.25) is 5.91 Å². The topological polar surface area (TPSA) is 51.2 Å². The Labute approximate surface area is 134 Å². The van der Waals surface area contributed by atoms with Gasteiger partial charge in [-0.2, -0.15) is 0 Å². The van der Waals surface area contributed by atoms with Crippen LogP contribution in [0, 0.1) is 11.8 Å². The van der Waals surface area contributed by atoms with Crippen LogP contribution in [0.25, 0.3) is 11.3 Å². The van der Waals surface area contributed by atoms with Gasteiger partial charge < -0.3 is 10.1 Å². The zero-order chi connectivity index (χ0) is 15.5. The van der Waals surface area contributed by atoms with Gasteiger partial charge in [-0.05, 0) is 43.0 Å². The molecule has 1 saturated carbocycles. The van der Waals surface area contributed by atoms with Gasteiger partial charge in [-0.25, -0.2) is 4.98 Å². The SMILES string of the molecule is CCCOc1ccc(-c2csc(NC(=O)C3CC3C)n2)cc1. The Morgan fingerprint density at radius 1 is 1.41 bits per heavy atom. The van der Waals surface area contributed by atoms with Crippen LogP contribution in [0.3, 0.4) is 0 Å². The Hall–Kier alpha value is -1.88. The number of thiazole rings is 1. The molecular formula is C17H20N2O2S. The average Bonchev–Trinajstić information content (AvgIpc) is 3.08. The van der Waals surface area contributed by atoms with Crippen LogP contribution >= 0.6 is 11.3 Å². The van der Waals surface area contributed by atoms with Crippen molar-refractivity contribution in [1.29, 1.82) is 0 Å². The first kappa shape index (κ1) is 15.0. The van der Waals surface area contributed by atoms with E-state index >= 15 is 0 Å². The van der Waals surface area contributed by atoms with E-state index in [1.807, 2.05) is 29.6 Å². The summed E-state index contributed by atoms with van der Waals surface area (Å²) >= 11 is 1.46. The molecule has 3 rings (SSSR count). The number of ether oxygens (including phenoxy) is 1. The van der Waals surface area contributed by atoms with Gasteiger partial charge in [-0.15, -0.1) is 11.3 Å². The van der Waals surface area contributed by atoms with Crippen molar-refractivity contribution in [3.8, 4) is 17.0 Å². The highest BCUT2D eigenvalue weighted by molar-refractivity contribution is 7.14. The average molecular weight is 316 g/mol. The standard InChI is InChI=1S/C17H20N2O2S/c1-3-8-21-13-6-4-12(5-7-13)15-10-22-17(18-15)19-16(20)14-9-11(14)2/h4-7,10-11,14H,3,8-9H2,1-2H3,(H,18,19,20). The van der Waals surface area contributed by atoms with Crippen molar-refractivity contribution in [3.63, 3.8) is 0 Å². The molecule has 0 spiro atoms. The molecule has 22 heavy (non-hydrogen) atoms.